The van der Waals surface area contributed by atoms with E-state index in [1.807, 2.05) is 43.3 Å². The molecule has 0 bridgehead atoms. The molecule has 0 aliphatic rings. The summed E-state index contributed by atoms with van der Waals surface area (Å²) in [5, 5.41) is 5.58. The summed E-state index contributed by atoms with van der Waals surface area (Å²) >= 11 is 0. The van der Waals surface area contributed by atoms with Gasteiger partial charge in [-0.1, -0.05) is 54.6 Å². The third-order valence-electron chi connectivity index (χ3n) is 4.60. The maximum Gasteiger partial charge on any atom is 0.416 e. The van der Waals surface area contributed by atoms with Gasteiger partial charge in [0.2, 0.25) is 0 Å². The average molecular weight is 408 g/mol. The van der Waals surface area contributed by atoms with Gasteiger partial charge < -0.3 is 5.32 Å². The summed E-state index contributed by atoms with van der Waals surface area (Å²) in [6.45, 7) is 2.40. The van der Waals surface area contributed by atoms with E-state index >= 15 is 0 Å². The Bertz CT molecular complexity index is 950. The van der Waals surface area contributed by atoms with Crippen molar-refractivity contribution in [2.45, 2.75) is 25.6 Å². The Morgan fingerprint density at radius 2 is 1.68 bits per heavy atom. The van der Waals surface area contributed by atoms with Crippen LogP contribution in [-0.4, -0.2) is 12.3 Å². The molecule has 3 rings (SSSR count). The van der Waals surface area contributed by atoms with E-state index in [4.69, 9.17) is 0 Å². The van der Waals surface area contributed by atoms with Gasteiger partial charge >= 0.3 is 6.18 Å². The van der Waals surface area contributed by atoms with Gasteiger partial charge in [0.1, 0.15) is 0 Å². The van der Waals surface area contributed by atoms with Crippen LogP contribution in [0, 0.1) is 0 Å². The first-order chi connectivity index (χ1) is 12.9. The van der Waals surface area contributed by atoms with Crippen molar-refractivity contribution in [2.24, 2.45) is 0 Å². The van der Waals surface area contributed by atoms with E-state index in [0.717, 1.165) is 28.5 Å². The molecule has 0 aliphatic carbocycles. The van der Waals surface area contributed by atoms with E-state index in [0.29, 0.717) is 6.54 Å². The van der Waals surface area contributed by atoms with Gasteiger partial charge in [0, 0.05) is 24.6 Å². The van der Waals surface area contributed by atoms with Crippen LogP contribution in [0.1, 0.15) is 40.9 Å². The Morgan fingerprint density at radius 1 is 1.00 bits per heavy atom. The molecule has 1 N–H and O–H groups in total. The largest absolute Gasteiger partial charge is 0.416 e. The van der Waals surface area contributed by atoms with Crippen molar-refractivity contribution in [1.29, 1.82) is 0 Å². The maximum absolute atomic E-state index is 12.8. The Balaban J connectivity index is 0.00000280. The molecule has 0 radical (unpaired) electrons. The minimum atomic E-state index is -4.45. The summed E-state index contributed by atoms with van der Waals surface area (Å²) in [4.78, 5) is 12.2. The highest BCUT2D eigenvalue weighted by molar-refractivity contribution is 5.96. The van der Waals surface area contributed by atoms with Crippen molar-refractivity contribution in [3.63, 3.8) is 0 Å². The van der Waals surface area contributed by atoms with Gasteiger partial charge in [-0.15, -0.1) is 12.4 Å². The molecule has 0 aliphatic heterocycles. The molecule has 0 heterocycles. The second kappa shape index (κ2) is 9.22. The first-order valence-electron chi connectivity index (χ1n) is 8.78. The summed E-state index contributed by atoms with van der Waals surface area (Å²) in [6.07, 6.45) is -4.31. The Hall–Kier alpha value is -2.37. The first kappa shape index (κ1) is 21.9. The minimum Gasteiger partial charge on any atom is -0.310 e. The molecular formula is C22H21ClF3NO. The third-order valence-corrected chi connectivity index (χ3v) is 4.60. The summed E-state index contributed by atoms with van der Waals surface area (Å²) in [7, 11) is 0. The van der Waals surface area contributed by atoms with E-state index in [-0.39, 0.29) is 36.2 Å². The lowest BCUT2D eigenvalue weighted by molar-refractivity contribution is -0.137. The van der Waals surface area contributed by atoms with Crippen LogP contribution in [0.2, 0.25) is 0 Å². The fourth-order valence-electron chi connectivity index (χ4n) is 3.15. The number of carbonyl (C=O) groups excluding carboxylic acids is 1. The number of alkyl halides is 3. The Morgan fingerprint density at radius 3 is 2.43 bits per heavy atom. The lowest BCUT2D eigenvalue weighted by Crippen LogP contribution is -2.22. The third kappa shape index (κ3) is 5.12. The van der Waals surface area contributed by atoms with Gasteiger partial charge in [-0.25, -0.2) is 0 Å². The summed E-state index contributed by atoms with van der Waals surface area (Å²) < 4.78 is 38.3. The quantitative estimate of drug-likeness (QED) is 0.492. The van der Waals surface area contributed by atoms with Crippen LogP contribution < -0.4 is 5.32 Å². The van der Waals surface area contributed by atoms with Crippen molar-refractivity contribution in [2.75, 3.05) is 6.54 Å². The zero-order chi connectivity index (χ0) is 19.4. The number of ketones is 1. The highest BCUT2D eigenvalue weighted by Crippen LogP contribution is 2.29. The molecule has 1 atom stereocenters. The fourth-order valence-corrected chi connectivity index (χ4v) is 3.15. The molecule has 3 aromatic carbocycles. The van der Waals surface area contributed by atoms with Crippen molar-refractivity contribution in [3.8, 4) is 0 Å². The number of benzene rings is 3. The topological polar surface area (TPSA) is 29.1 Å². The van der Waals surface area contributed by atoms with E-state index < -0.39 is 11.7 Å². The minimum absolute atomic E-state index is 0. The molecule has 28 heavy (non-hydrogen) atoms. The molecule has 148 valence electrons. The smallest absolute Gasteiger partial charge is 0.310 e. The molecule has 0 amide bonds. The number of fused-ring (bicyclic) bond motifs is 1. The highest BCUT2D eigenvalue weighted by Gasteiger charge is 2.30. The molecule has 2 nitrogen and oxygen atoms in total. The Labute approximate surface area is 168 Å². The van der Waals surface area contributed by atoms with Crippen LogP contribution in [0.3, 0.4) is 0 Å². The molecule has 0 saturated carbocycles. The average Bonchev–Trinajstić information content (AvgIpc) is 2.66. The number of halogens is 4. The molecule has 6 heteroatoms. The van der Waals surface area contributed by atoms with E-state index in [1.54, 1.807) is 0 Å². The molecule has 0 saturated heterocycles. The predicted molar refractivity (Wildman–Crippen MR) is 108 cm³/mol. The molecule has 0 spiro atoms. The zero-order valence-electron chi connectivity index (χ0n) is 15.3. The van der Waals surface area contributed by atoms with Gasteiger partial charge in [-0.3, -0.25) is 4.79 Å². The van der Waals surface area contributed by atoms with Gasteiger partial charge in [0.05, 0.1) is 5.56 Å². The normalized spacial score (nSPS) is 12.4. The van der Waals surface area contributed by atoms with Gasteiger partial charge in [-0.2, -0.15) is 13.2 Å². The fraction of sp³-hybridized carbons (Fsp3) is 0.227. The summed E-state index contributed by atoms with van der Waals surface area (Å²) in [5.74, 6) is -0.307. The monoisotopic (exact) mass is 407 g/mol. The van der Waals surface area contributed by atoms with Gasteiger partial charge in [0.25, 0.3) is 0 Å². The zero-order valence-corrected chi connectivity index (χ0v) is 16.1. The van der Waals surface area contributed by atoms with E-state index in [2.05, 4.69) is 11.4 Å². The molecule has 0 fully saturated rings. The summed E-state index contributed by atoms with van der Waals surface area (Å²) in [5.41, 5.74) is 0.412. The molecule has 0 aromatic heterocycles. The van der Waals surface area contributed by atoms with Crippen molar-refractivity contribution in [1.82, 2.24) is 5.32 Å². The van der Waals surface area contributed by atoms with E-state index in [9.17, 15) is 18.0 Å². The second-order valence-electron chi connectivity index (χ2n) is 6.50. The van der Waals surface area contributed by atoms with Crippen LogP contribution in [0.4, 0.5) is 13.2 Å². The lowest BCUT2D eigenvalue weighted by atomic mass is 9.99. The van der Waals surface area contributed by atoms with Crippen molar-refractivity contribution in [3.05, 3.63) is 83.4 Å². The molecule has 1 unspecified atom stereocenters. The SMILES string of the molecule is CC(NCCC(=O)c1cccc(C(F)(F)F)c1)c1cccc2ccccc12.Cl. The number of hydrogen-bond donors (Lipinski definition) is 1. The van der Waals surface area contributed by atoms with Crippen LogP contribution in [0.15, 0.2) is 66.7 Å². The molecule has 3 aromatic rings. The summed E-state index contributed by atoms with van der Waals surface area (Å²) in [6, 6.07) is 18.7. The Kier molecular flexibility index (Phi) is 7.22. The van der Waals surface area contributed by atoms with Crippen molar-refractivity contribution >= 4 is 29.0 Å². The first-order valence-corrected chi connectivity index (χ1v) is 8.78. The van der Waals surface area contributed by atoms with Crippen LogP contribution in [0.5, 0.6) is 0 Å². The van der Waals surface area contributed by atoms with E-state index in [1.165, 1.54) is 12.1 Å². The number of carbonyl (C=O) groups is 1. The second-order valence-corrected chi connectivity index (χ2v) is 6.50. The number of rotatable bonds is 6. The van der Waals surface area contributed by atoms with Crippen molar-refractivity contribution < 1.29 is 18.0 Å². The van der Waals surface area contributed by atoms with Gasteiger partial charge in [-0.05, 0) is 35.4 Å². The highest BCUT2D eigenvalue weighted by atomic mass is 35.5. The van der Waals surface area contributed by atoms with Crippen LogP contribution in [-0.2, 0) is 6.18 Å². The number of hydrogen-bond acceptors (Lipinski definition) is 2. The predicted octanol–water partition coefficient (Wildman–Crippen LogP) is 6.20. The molecular weight excluding hydrogens is 387 g/mol. The number of Topliss-reactive ketones (excluding diaryl/α,β-unsaturated/α-hetero) is 1. The lowest BCUT2D eigenvalue weighted by Gasteiger charge is -2.16. The van der Waals surface area contributed by atoms with Gasteiger partial charge in [0.15, 0.2) is 5.78 Å². The number of nitrogens with one attached hydrogen (secondary N) is 1. The van der Waals surface area contributed by atoms with Crippen LogP contribution >= 0.6 is 12.4 Å². The maximum atomic E-state index is 12.8. The standard InChI is InChI=1S/C22H20F3NO.ClH/c1-15(19-11-5-7-16-6-2-3-10-20(16)19)26-13-12-21(27)17-8-4-9-18(14-17)22(23,24)25;/h2-11,14-15,26H,12-13H2,1H3;1H. The van der Waals surface area contributed by atoms with Crippen LogP contribution in [0.25, 0.3) is 10.8 Å².